The van der Waals surface area contributed by atoms with Crippen LogP contribution in [0.3, 0.4) is 0 Å². The Labute approximate surface area is 132 Å². The molecule has 1 fully saturated rings. The molecule has 22 heavy (non-hydrogen) atoms. The van der Waals surface area contributed by atoms with Gasteiger partial charge in [0.2, 0.25) is 0 Å². The normalized spacial score (nSPS) is 26.2. The van der Waals surface area contributed by atoms with E-state index in [1.165, 1.54) is 0 Å². The zero-order chi connectivity index (χ0) is 15.5. The van der Waals surface area contributed by atoms with Crippen LogP contribution in [0, 0.1) is 11.8 Å². The minimum atomic E-state index is -0.214. The van der Waals surface area contributed by atoms with Gasteiger partial charge in [0.25, 0.3) is 0 Å². The summed E-state index contributed by atoms with van der Waals surface area (Å²) in [7, 11) is 0. The van der Waals surface area contributed by atoms with Crippen molar-refractivity contribution < 1.29 is 9.53 Å². The van der Waals surface area contributed by atoms with Gasteiger partial charge in [0.1, 0.15) is 0 Å². The third-order valence-electron chi connectivity index (χ3n) is 4.08. The molecule has 0 saturated heterocycles. The number of carbonyl (C=O) groups is 1. The highest BCUT2D eigenvalue weighted by molar-refractivity contribution is 5.95. The predicted molar refractivity (Wildman–Crippen MR) is 89.1 cm³/mol. The maximum atomic E-state index is 12.6. The minimum Gasteiger partial charge on any atom is -0.459 e. The highest BCUT2D eigenvalue weighted by atomic mass is 16.5. The lowest BCUT2D eigenvalue weighted by atomic mass is 9.94. The Bertz CT molecular complexity index is 639. The van der Waals surface area contributed by atoms with Crippen molar-refractivity contribution in [3.8, 4) is 0 Å². The van der Waals surface area contributed by atoms with Crippen molar-refractivity contribution in [2.24, 2.45) is 11.8 Å². The SMILES string of the molecule is CC(C)OC(=O)/C(=C\C1=CCC=CC=C1)C1=CC=CC2CC12. The summed E-state index contributed by atoms with van der Waals surface area (Å²) >= 11 is 0. The Morgan fingerprint density at radius 1 is 1.32 bits per heavy atom. The van der Waals surface area contributed by atoms with E-state index in [9.17, 15) is 4.79 Å². The third kappa shape index (κ3) is 3.38. The van der Waals surface area contributed by atoms with Gasteiger partial charge < -0.3 is 4.74 Å². The van der Waals surface area contributed by atoms with Gasteiger partial charge in [-0.25, -0.2) is 4.79 Å². The van der Waals surface area contributed by atoms with Gasteiger partial charge in [-0.2, -0.15) is 0 Å². The van der Waals surface area contributed by atoms with E-state index in [4.69, 9.17) is 4.74 Å². The molecule has 0 aromatic heterocycles. The van der Waals surface area contributed by atoms with E-state index in [0.717, 1.165) is 24.0 Å². The molecule has 1 saturated carbocycles. The number of fused-ring (bicyclic) bond motifs is 1. The highest BCUT2D eigenvalue weighted by Gasteiger charge is 2.41. The standard InChI is InChI=1S/C20H22O2/c1-14(2)22-20(21)19(12-15-8-5-3-4-6-9-15)17-11-7-10-16-13-18(16)17/h3-5,7-12,14,16,18H,6,13H2,1-2H3/b19-12-. The van der Waals surface area contributed by atoms with Crippen molar-refractivity contribution >= 4 is 5.97 Å². The van der Waals surface area contributed by atoms with Crippen LogP contribution in [0.5, 0.6) is 0 Å². The van der Waals surface area contributed by atoms with Crippen LogP contribution < -0.4 is 0 Å². The van der Waals surface area contributed by atoms with Gasteiger partial charge in [0, 0.05) is 0 Å². The van der Waals surface area contributed by atoms with Crippen LogP contribution >= 0.6 is 0 Å². The maximum Gasteiger partial charge on any atom is 0.338 e. The summed E-state index contributed by atoms with van der Waals surface area (Å²) in [6.07, 6.45) is 20.6. The summed E-state index contributed by atoms with van der Waals surface area (Å²) in [5.41, 5.74) is 2.90. The summed E-state index contributed by atoms with van der Waals surface area (Å²) in [6, 6.07) is 0. The number of hydrogen-bond acceptors (Lipinski definition) is 2. The van der Waals surface area contributed by atoms with Crippen molar-refractivity contribution in [3.05, 3.63) is 71.4 Å². The molecular weight excluding hydrogens is 272 g/mol. The smallest absolute Gasteiger partial charge is 0.338 e. The van der Waals surface area contributed by atoms with Gasteiger partial charge in [-0.1, -0.05) is 48.6 Å². The molecule has 0 aromatic rings. The van der Waals surface area contributed by atoms with E-state index in [1.807, 2.05) is 38.2 Å². The molecule has 0 aliphatic heterocycles. The van der Waals surface area contributed by atoms with E-state index in [-0.39, 0.29) is 12.1 Å². The van der Waals surface area contributed by atoms with Crippen molar-refractivity contribution in [3.63, 3.8) is 0 Å². The maximum absolute atomic E-state index is 12.6. The van der Waals surface area contributed by atoms with Crippen LogP contribution in [0.25, 0.3) is 0 Å². The Hall–Kier alpha value is -2.09. The lowest BCUT2D eigenvalue weighted by Gasteiger charge is -2.15. The molecule has 3 aliphatic carbocycles. The average Bonchev–Trinajstić information content (AvgIpc) is 3.27. The fourth-order valence-corrected chi connectivity index (χ4v) is 2.91. The Morgan fingerprint density at radius 3 is 3.00 bits per heavy atom. The summed E-state index contributed by atoms with van der Waals surface area (Å²) in [6.45, 7) is 3.78. The number of esters is 1. The molecule has 0 radical (unpaired) electrons. The first-order valence-electron chi connectivity index (χ1n) is 8.00. The van der Waals surface area contributed by atoms with Crippen LogP contribution in [-0.4, -0.2) is 12.1 Å². The van der Waals surface area contributed by atoms with Gasteiger partial charge >= 0.3 is 5.97 Å². The second kappa shape index (κ2) is 6.35. The monoisotopic (exact) mass is 294 g/mol. The molecule has 114 valence electrons. The Kier molecular flexibility index (Phi) is 4.28. The van der Waals surface area contributed by atoms with E-state index in [2.05, 4.69) is 30.4 Å². The summed E-state index contributed by atoms with van der Waals surface area (Å²) in [5, 5.41) is 0. The second-order valence-electron chi connectivity index (χ2n) is 6.25. The number of rotatable bonds is 4. The van der Waals surface area contributed by atoms with Crippen LogP contribution in [-0.2, 0) is 9.53 Å². The van der Waals surface area contributed by atoms with E-state index < -0.39 is 0 Å². The van der Waals surface area contributed by atoms with Gasteiger partial charge in [-0.05, 0) is 55.7 Å². The molecule has 2 nitrogen and oxygen atoms in total. The fourth-order valence-electron chi connectivity index (χ4n) is 2.91. The largest absolute Gasteiger partial charge is 0.459 e. The molecule has 0 spiro atoms. The number of allylic oxidation sites excluding steroid dienone is 10. The van der Waals surface area contributed by atoms with Crippen LogP contribution in [0.4, 0.5) is 0 Å². The molecule has 0 heterocycles. The fraction of sp³-hybridized carbons (Fsp3) is 0.350. The van der Waals surface area contributed by atoms with Crippen LogP contribution in [0.1, 0.15) is 26.7 Å². The van der Waals surface area contributed by atoms with Crippen molar-refractivity contribution in [2.45, 2.75) is 32.8 Å². The van der Waals surface area contributed by atoms with Gasteiger partial charge in [0.05, 0.1) is 11.7 Å². The second-order valence-corrected chi connectivity index (χ2v) is 6.25. The quantitative estimate of drug-likeness (QED) is 0.566. The van der Waals surface area contributed by atoms with Crippen molar-refractivity contribution in [2.75, 3.05) is 0 Å². The lowest BCUT2D eigenvalue weighted by molar-refractivity contribution is -0.142. The minimum absolute atomic E-state index is 0.106. The van der Waals surface area contributed by atoms with Crippen LogP contribution in [0.2, 0.25) is 0 Å². The molecule has 3 aliphatic rings. The molecule has 2 heteroatoms. The molecular formula is C20H22O2. The molecule has 0 bridgehead atoms. The first kappa shape index (κ1) is 14.8. The van der Waals surface area contributed by atoms with E-state index in [1.54, 1.807) is 0 Å². The topological polar surface area (TPSA) is 26.3 Å². The van der Waals surface area contributed by atoms with E-state index >= 15 is 0 Å². The first-order chi connectivity index (χ1) is 10.6. The summed E-state index contributed by atoms with van der Waals surface area (Å²) in [4.78, 5) is 12.6. The number of hydrogen-bond donors (Lipinski definition) is 0. The van der Waals surface area contributed by atoms with Gasteiger partial charge in [-0.15, -0.1) is 0 Å². The summed E-state index contributed by atoms with van der Waals surface area (Å²) < 4.78 is 5.47. The number of ether oxygens (including phenoxy) is 1. The van der Waals surface area contributed by atoms with Crippen molar-refractivity contribution in [1.29, 1.82) is 0 Å². The first-order valence-corrected chi connectivity index (χ1v) is 8.00. The molecule has 2 atom stereocenters. The zero-order valence-electron chi connectivity index (χ0n) is 13.2. The predicted octanol–water partition coefficient (Wildman–Crippen LogP) is 4.44. The molecule has 3 rings (SSSR count). The van der Waals surface area contributed by atoms with E-state index in [0.29, 0.717) is 17.4 Å². The molecule has 0 amide bonds. The van der Waals surface area contributed by atoms with Gasteiger partial charge in [0.15, 0.2) is 0 Å². The Balaban J connectivity index is 1.92. The van der Waals surface area contributed by atoms with Gasteiger partial charge in [-0.3, -0.25) is 0 Å². The summed E-state index contributed by atoms with van der Waals surface area (Å²) in [5.74, 6) is 0.883. The zero-order valence-corrected chi connectivity index (χ0v) is 13.2. The van der Waals surface area contributed by atoms with Crippen molar-refractivity contribution in [1.82, 2.24) is 0 Å². The Morgan fingerprint density at radius 2 is 2.18 bits per heavy atom. The van der Waals surface area contributed by atoms with Crippen LogP contribution in [0.15, 0.2) is 71.4 Å². The average molecular weight is 294 g/mol. The molecule has 0 N–H and O–H groups in total. The third-order valence-corrected chi connectivity index (χ3v) is 4.08. The molecule has 2 unspecified atom stereocenters. The number of carbonyl (C=O) groups excluding carboxylic acids is 1. The molecule has 0 aromatic carbocycles. The lowest BCUT2D eigenvalue weighted by Crippen LogP contribution is -2.16. The highest BCUT2D eigenvalue weighted by Crippen LogP contribution is 2.50.